The molecule has 1 aliphatic rings. The zero-order valence-corrected chi connectivity index (χ0v) is 13.4. The van der Waals surface area contributed by atoms with E-state index in [0.717, 1.165) is 5.56 Å². The van der Waals surface area contributed by atoms with Gasteiger partial charge in [-0.2, -0.15) is 0 Å². The molecule has 26 heavy (non-hydrogen) atoms. The third kappa shape index (κ3) is 3.26. The molecule has 0 N–H and O–H groups in total. The van der Waals surface area contributed by atoms with Gasteiger partial charge in [0.25, 0.3) is 0 Å². The van der Waals surface area contributed by atoms with Gasteiger partial charge < -0.3 is 24.1 Å². The van der Waals surface area contributed by atoms with Crippen LogP contribution in [-0.4, -0.2) is 32.3 Å². The van der Waals surface area contributed by atoms with E-state index in [1.165, 1.54) is 22.9 Å². The Labute approximate surface area is 146 Å². The van der Waals surface area contributed by atoms with Crippen LogP contribution in [0.15, 0.2) is 41.1 Å². The first-order chi connectivity index (χ1) is 12.6. The molecule has 0 unspecified atom stereocenters. The molecule has 0 saturated heterocycles. The minimum absolute atomic E-state index is 0.161. The lowest BCUT2D eigenvalue weighted by Gasteiger charge is -2.21. The van der Waals surface area contributed by atoms with Crippen LogP contribution < -0.4 is 4.74 Å². The molecular weight excluding hydrogens is 347 g/mol. The number of rotatable bonds is 5. The molecule has 0 radical (unpaired) electrons. The van der Waals surface area contributed by atoms with Crippen molar-refractivity contribution in [2.45, 2.75) is 19.3 Å². The largest absolute Gasteiger partial charge is 0.443 e. The van der Waals surface area contributed by atoms with Crippen LogP contribution in [0.3, 0.4) is 0 Å². The lowest BCUT2D eigenvalue weighted by molar-refractivity contribution is -0.389. The Hall–Kier alpha value is -3.27. The summed E-state index contributed by atoms with van der Waals surface area (Å²) in [6.07, 6.45) is 1.00. The second-order valence-corrected chi connectivity index (χ2v) is 5.72. The molecule has 0 aliphatic carbocycles. The number of fused-ring (bicyclic) bond motifs is 1. The van der Waals surface area contributed by atoms with Crippen molar-refractivity contribution >= 4 is 5.82 Å². The molecule has 0 fully saturated rings. The number of nitrogens with zero attached hydrogens (tertiary/aromatic N) is 4. The molecule has 10 heteroatoms. The minimum Gasteiger partial charge on any atom is -0.443 e. The van der Waals surface area contributed by atoms with Crippen molar-refractivity contribution in [2.24, 2.45) is 0 Å². The Morgan fingerprint density at radius 1 is 1.38 bits per heavy atom. The first-order valence-electron chi connectivity index (χ1n) is 7.76. The summed E-state index contributed by atoms with van der Waals surface area (Å²) in [5, 5.41) is 14.7. The number of aromatic nitrogens is 3. The predicted molar refractivity (Wildman–Crippen MR) is 84.9 cm³/mol. The van der Waals surface area contributed by atoms with E-state index in [0.29, 0.717) is 18.0 Å². The van der Waals surface area contributed by atoms with E-state index >= 15 is 0 Å². The SMILES string of the molecule is O=[N+]([O-])c1cn2c(n1)OC[C@@H](OCc1cc(-c3ccc(F)cc3)no1)C2. The van der Waals surface area contributed by atoms with Crippen molar-refractivity contribution in [1.82, 2.24) is 14.7 Å². The van der Waals surface area contributed by atoms with E-state index in [9.17, 15) is 14.5 Å². The smallest absolute Gasteiger partial charge is 0.414 e. The Morgan fingerprint density at radius 2 is 2.19 bits per heavy atom. The summed E-state index contributed by atoms with van der Waals surface area (Å²) >= 11 is 0. The summed E-state index contributed by atoms with van der Waals surface area (Å²) < 4.78 is 30.8. The summed E-state index contributed by atoms with van der Waals surface area (Å²) in [5.74, 6) is -0.0798. The normalized spacial score (nSPS) is 16.1. The highest BCUT2D eigenvalue weighted by Gasteiger charge is 2.28. The molecular formula is C16H13FN4O5. The number of imidazole rings is 1. The van der Waals surface area contributed by atoms with Gasteiger partial charge in [0.2, 0.25) is 0 Å². The number of halogens is 1. The second kappa shape index (κ2) is 6.56. The van der Waals surface area contributed by atoms with Gasteiger partial charge in [-0.05, 0) is 29.2 Å². The molecule has 3 aromatic rings. The zero-order valence-electron chi connectivity index (χ0n) is 13.4. The summed E-state index contributed by atoms with van der Waals surface area (Å²) in [6, 6.07) is 7.84. The van der Waals surface area contributed by atoms with Gasteiger partial charge in [-0.15, -0.1) is 0 Å². The molecule has 0 amide bonds. The van der Waals surface area contributed by atoms with Gasteiger partial charge in [0.15, 0.2) is 5.76 Å². The van der Waals surface area contributed by atoms with Crippen LogP contribution in [0, 0.1) is 15.9 Å². The molecule has 3 heterocycles. The third-order valence-corrected chi connectivity index (χ3v) is 3.87. The van der Waals surface area contributed by atoms with Crippen LogP contribution in [0.25, 0.3) is 11.3 Å². The highest BCUT2D eigenvalue weighted by Crippen LogP contribution is 2.24. The molecule has 1 aromatic carbocycles. The van der Waals surface area contributed by atoms with Gasteiger partial charge in [0.05, 0.1) is 6.54 Å². The number of benzene rings is 1. The van der Waals surface area contributed by atoms with Crippen LogP contribution in [0.4, 0.5) is 10.2 Å². The van der Waals surface area contributed by atoms with Gasteiger partial charge >= 0.3 is 11.8 Å². The minimum atomic E-state index is -0.573. The highest BCUT2D eigenvalue weighted by molar-refractivity contribution is 5.58. The Morgan fingerprint density at radius 3 is 2.96 bits per heavy atom. The van der Waals surface area contributed by atoms with E-state index in [1.54, 1.807) is 18.2 Å². The molecule has 4 rings (SSSR count). The van der Waals surface area contributed by atoms with E-state index < -0.39 is 4.92 Å². The molecule has 134 valence electrons. The Kier molecular flexibility index (Phi) is 4.09. The lowest BCUT2D eigenvalue weighted by Crippen LogP contribution is -2.32. The van der Waals surface area contributed by atoms with Crippen LogP contribution in [-0.2, 0) is 17.9 Å². The maximum Gasteiger partial charge on any atom is 0.414 e. The maximum atomic E-state index is 13.0. The van der Waals surface area contributed by atoms with Crippen LogP contribution in [0.5, 0.6) is 6.01 Å². The molecule has 1 atom stereocenters. The summed E-state index contributed by atoms with van der Waals surface area (Å²) in [4.78, 5) is 14.0. The van der Waals surface area contributed by atoms with E-state index in [1.807, 2.05) is 0 Å². The van der Waals surface area contributed by atoms with Crippen molar-refractivity contribution < 1.29 is 23.3 Å². The van der Waals surface area contributed by atoms with Crippen LogP contribution in [0.2, 0.25) is 0 Å². The van der Waals surface area contributed by atoms with Crippen LogP contribution in [0.1, 0.15) is 5.76 Å². The van der Waals surface area contributed by atoms with Gasteiger partial charge in [-0.1, -0.05) is 5.16 Å². The standard InChI is InChI=1S/C16H13FN4O5/c17-11-3-1-10(2-4-11)14-5-12(26-19-14)8-24-13-6-20-7-15(21(22)23)18-16(20)25-9-13/h1-5,7,13H,6,8-9H2/t13-/m0/s1. The van der Waals surface area contributed by atoms with Gasteiger partial charge in [0, 0.05) is 16.6 Å². The summed E-state index contributed by atoms with van der Waals surface area (Å²) in [6.45, 7) is 0.774. The number of hydrogen-bond acceptors (Lipinski definition) is 7. The van der Waals surface area contributed by atoms with Crippen LogP contribution >= 0.6 is 0 Å². The fourth-order valence-electron chi connectivity index (χ4n) is 2.60. The zero-order chi connectivity index (χ0) is 18.1. The van der Waals surface area contributed by atoms with Crippen molar-refractivity contribution in [3.8, 4) is 17.3 Å². The molecule has 0 saturated carbocycles. The fourth-order valence-corrected chi connectivity index (χ4v) is 2.60. The average Bonchev–Trinajstić information content (AvgIpc) is 3.27. The summed E-state index contributed by atoms with van der Waals surface area (Å²) in [7, 11) is 0. The van der Waals surface area contributed by atoms with Crippen molar-refractivity contribution in [3.05, 3.63) is 58.2 Å². The number of ether oxygens (including phenoxy) is 2. The Balaban J connectivity index is 1.37. The topological polar surface area (TPSA) is 105 Å². The van der Waals surface area contributed by atoms with Crippen molar-refractivity contribution in [1.29, 1.82) is 0 Å². The lowest BCUT2D eigenvalue weighted by atomic mass is 10.1. The van der Waals surface area contributed by atoms with Gasteiger partial charge in [0.1, 0.15) is 37.0 Å². The van der Waals surface area contributed by atoms with E-state index in [4.69, 9.17) is 14.0 Å². The first-order valence-corrected chi connectivity index (χ1v) is 7.76. The van der Waals surface area contributed by atoms with E-state index in [2.05, 4.69) is 10.1 Å². The fraction of sp³-hybridized carbons (Fsp3) is 0.250. The van der Waals surface area contributed by atoms with Crippen molar-refractivity contribution in [2.75, 3.05) is 6.61 Å². The van der Waals surface area contributed by atoms with Gasteiger partial charge in [-0.3, -0.25) is 4.57 Å². The summed E-state index contributed by atoms with van der Waals surface area (Å²) in [5.41, 5.74) is 1.31. The highest BCUT2D eigenvalue weighted by atomic mass is 19.1. The second-order valence-electron chi connectivity index (χ2n) is 5.72. The quantitative estimate of drug-likeness (QED) is 0.508. The average molecular weight is 360 g/mol. The third-order valence-electron chi connectivity index (χ3n) is 3.87. The molecule has 0 spiro atoms. The van der Waals surface area contributed by atoms with Crippen molar-refractivity contribution in [3.63, 3.8) is 0 Å². The predicted octanol–water partition coefficient (Wildman–Crippen LogP) is 2.56. The molecule has 0 bridgehead atoms. The van der Waals surface area contributed by atoms with Gasteiger partial charge in [-0.25, -0.2) is 4.39 Å². The number of hydrogen-bond donors (Lipinski definition) is 0. The maximum absolute atomic E-state index is 13.0. The Bertz CT molecular complexity index is 937. The monoisotopic (exact) mass is 360 g/mol. The number of nitro groups is 1. The molecule has 9 nitrogen and oxygen atoms in total. The van der Waals surface area contributed by atoms with E-state index in [-0.39, 0.29) is 37.0 Å². The molecule has 1 aliphatic heterocycles. The first kappa shape index (κ1) is 16.2. The molecule has 2 aromatic heterocycles.